The lowest BCUT2D eigenvalue weighted by Crippen LogP contribution is -1.88. The van der Waals surface area contributed by atoms with Gasteiger partial charge in [-0.05, 0) is 29.5 Å². The number of nitrogens with zero attached hydrogens (tertiary/aromatic N) is 2. The summed E-state index contributed by atoms with van der Waals surface area (Å²) >= 11 is 2.12. The number of aromatic amines is 1. The van der Waals surface area contributed by atoms with Crippen molar-refractivity contribution in [2.75, 3.05) is 0 Å². The number of H-pyrrole nitrogens is 1. The summed E-state index contributed by atoms with van der Waals surface area (Å²) in [5.41, 5.74) is 0.685. The maximum absolute atomic E-state index is 9.45. The average molecular weight is 275 g/mol. The second kappa shape index (κ2) is 2.58. The number of hydrogen-bond donors (Lipinski definition) is 2. The van der Waals surface area contributed by atoms with E-state index in [4.69, 9.17) is 0 Å². The Bertz CT molecular complexity index is 437. The van der Waals surface area contributed by atoms with Crippen LogP contribution in [0.2, 0.25) is 0 Å². The van der Waals surface area contributed by atoms with Crippen LogP contribution < -0.4 is 0 Å². The number of aryl methyl sites for hydroxylation is 1. The highest BCUT2D eigenvalue weighted by atomic mass is 127. The predicted octanol–water partition coefficient (Wildman–Crippen LogP) is 1.58. The van der Waals surface area contributed by atoms with Crippen molar-refractivity contribution in [1.82, 2.24) is 15.0 Å². The fourth-order valence-corrected chi connectivity index (χ4v) is 1.74. The van der Waals surface area contributed by atoms with Gasteiger partial charge < -0.3 is 10.1 Å². The summed E-state index contributed by atoms with van der Waals surface area (Å²) in [7, 11) is 0. The van der Waals surface area contributed by atoms with Crippen molar-refractivity contribution >= 4 is 33.6 Å². The summed E-state index contributed by atoms with van der Waals surface area (Å²) in [5, 5.41) is 10.1. The second-order valence-electron chi connectivity index (χ2n) is 2.45. The normalized spacial score (nSPS) is 10.8. The van der Waals surface area contributed by atoms with Gasteiger partial charge in [0.1, 0.15) is 11.5 Å². The molecule has 0 saturated carbocycles. The van der Waals surface area contributed by atoms with E-state index in [2.05, 4.69) is 37.5 Å². The molecule has 0 aliphatic rings. The molecule has 0 bridgehead atoms. The monoisotopic (exact) mass is 275 g/mol. The standard InChI is InChI=1S/C7H6IN3O/c1-3-10-6-5(7(12)11-3)4(8)2-9-6/h2H,1H3,(H2,9,10,11,12). The van der Waals surface area contributed by atoms with E-state index in [0.29, 0.717) is 16.9 Å². The number of halogens is 1. The number of rotatable bonds is 0. The number of aromatic nitrogens is 3. The fourth-order valence-electron chi connectivity index (χ4n) is 1.09. The largest absolute Gasteiger partial charge is 0.493 e. The van der Waals surface area contributed by atoms with Gasteiger partial charge in [0.05, 0.1) is 5.39 Å². The number of fused-ring (bicyclic) bond motifs is 1. The SMILES string of the molecule is Cc1nc(O)c2c(I)c[nH]c2n1. The maximum Gasteiger partial charge on any atom is 0.224 e. The van der Waals surface area contributed by atoms with E-state index in [0.717, 1.165) is 3.57 Å². The third-order valence-electron chi connectivity index (χ3n) is 1.58. The zero-order valence-electron chi connectivity index (χ0n) is 6.30. The van der Waals surface area contributed by atoms with Crippen LogP contribution in [-0.4, -0.2) is 20.1 Å². The summed E-state index contributed by atoms with van der Waals surface area (Å²) in [4.78, 5) is 10.9. The van der Waals surface area contributed by atoms with Gasteiger partial charge in [0.15, 0.2) is 0 Å². The Hall–Kier alpha value is -0.850. The minimum Gasteiger partial charge on any atom is -0.493 e. The summed E-state index contributed by atoms with van der Waals surface area (Å²) in [6.45, 7) is 1.74. The molecule has 2 heterocycles. The van der Waals surface area contributed by atoms with E-state index >= 15 is 0 Å². The van der Waals surface area contributed by atoms with Gasteiger partial charge in [-0.1, -0.05) is 0 Å². The first kappa shape index (κ1) is 7.78. The van der Waals surface area contributed by atoms with Crippen LogP contribution >= 0.6 is 22.6 Å². The zero-order valence-corrected chi connectivity index (χ0v) is 8.45. The predicted molar refractivity (Wildman–Crippen MR) is 53.0 cm³/mol. The molecule has 0 aromatic carbocycles. The van der Waals surface area contributed by atoms with E-state index in [1.54, 1.807) is 13.1 Å². The molecule has 0 radical (unpaired) electrons. The molecule has 0 amide bonds. The molecule has 4 nitrogen and oxygen atoms in total. The molecule has 2 aromatic rings. The number of aromatic hydroxyl groups is 1. The zero-order chi connectivity index (χ0) is 8.72. The van der Waals surface area contributed by atoms with Crippen molar-refractivity contribution in [3.05, 3.63) is 15.6 Å². The number of nitrogens with one attached hydrogen (secondary N) is 1. The van der Waals surface area contributed by atoms with Crippen LogP contribution in [0, 0.1) is 10.5 Å². The molecule has 2 aromatic heterocycles. The molecule has 2 N–H and O–H groups in total. The molecule has 0 fully saturated rings. The summed E-state index contributed by atoms with van der Waals surface area (Å²) < 4.78 is 0.931. The highest BCUT2D eigenvalue weighted by Crippen LogP contribution is 2.25. The van der Waals surface area contributed by atoms with Gasteiger partial charge in [-0.3, -0.25) is 0 Å². The minimum absolute atomic E-state index is 0.0446. The van der Waals surface area contributed by atoms with Crippen LogP contribution in [0.25, 0.3) is 11.0 Å². The quantitative estimate of drug-likeness (QED) is 0.717. The Kier molecular flexibility index (Phi) is 1.67. The first-order chi connectivity index (χ1) is 5.68. The lowest BCUT2D eigenvalue weighted by Gasteiger charge is -1.95. The van der Waals surface area contributed by atoms with Crippen LogP contribution in [-0.2, 0) is 0 Å². The molecule has 62 valence electrons. The smallest absolute Gasteiger partial charge is 0.224 e. The fraction of sp³-hybridized carbons (Fsp3) is 0.143. The Morgan fingerprint density at radius 3 is 3.00 bits per heavy atom. The molecule has 2 rings (SSSR count). The van der Waals surface area contributed by atoms with Gasteiger partial charge in [0, 0.05) is 9.77 Å². The lowest BCUT2D eigenvalue weighted by molar-refractivity contribution is 0.457. The molecule has 0 atom stereocenters. The van der Waals surface area contributed by atoms with Crippen molar-refractivity contribution in [2.24, 2.45) is 0 Å². The third-order valence-corrected chi connectivity index (χ3v) is 2.43. The van der Waals surface area contributed by atoms with Crippen LogP contribution in [0.3, 0.4) is 0 Å². The topological polar surface area (TPSA) is 61.8 Å². The first-order valence-corrected chi connectivity index (χ1v) is 4.46. The second-order valence-corrected chi connectivity index (χ2v) is 3.62. The molecule has 0 unspecified atom stereocenters. The molecule has 0 aliphatic carbocycles. The van der Waals surface area contributed by atoms with E-state index in [9.17, 15) is 5.11 Å². The summed E-state index contributed by atoms with van der Waals surface area (Å²) in [5.74, 6) is 0.612. The van der Waals surface area contributed by atoms with Crippen molar-refractivity contribution in [3.8, 4) is 5.88 Å². The molecule has 0 saturated heterocycles. The van der Waals surface area contributed by atoms with Gasteiger partial charge in [0.25, 0.3) is 0 Å². The lowest BCUT2D eigenvalue weighted by atomic mass is 10.4. The summed E-state index contributed by atoms with van der Waals surface area (Å²) in [6.07, 6.45) is 1.79. The first-order valence-electron chi connectivity index (χ1n) is 3.38. The van der Waals surface area contributed by atoms with Crippen LogP contribution in [0.4, 0.5) is 0 Å². The van der Waals surface area contributed by atoms with Gasteiger partial charge in [-0.2, -0.15) is 4.98 Å². The van der Waals surface area contributed by atoms with Gasteiger partial charge in [0.2, 0.25) is 5.88 Å². The summed E-state index contributed by atoms with van der Waals surface area (Å²) in [6, 6.07) is 0. The van der Waals surface area contributed by atoms with Gasteiger partial charge >= 0.3 is 0 Å². The minimum atomic E-state index is 0.0446. The van der Waals surface area contributed by atoms with Gasteiger partial charge in [-0.15, -0.1) is 0 Å². The Labute approximate surface area is 82.2 Å². The Morgan fingerprint density at radius 2 is 2.25 bits per heavy atom. The Balaban J connectivity index is 2.93. The van der Waals surface area contributed by atoms with Crippen LogP contribution in [0.1, 0.15) is 5.82 Å². The van der Waals surface area contributed by atoms with Gasteiger partial charge in [-0.25, -0.2) is 4.98 Å². The van der Waals surface area contributed by atoms with E-state index < -0.39 is 0 Å². The third kappa shape index (κ3) is 1.04. The average Bonchev–Trinajstić information content (AvgIpc) is 2.31. The molecule has 0 aliphatic heterocycles. The van der Waals surface area contributed by atoms with Crippen molar-refractivity contribution < 1.29 is 5.11 Å². The highest BCUT2D eigenvalue weighted by molar-refractivity contribution is 14.1. The van der Waals surface area contributed by atoms with Crippen molar-refractivity contribution in [3.63, 3.8) is 0 Å². The highest BCUT2D eigenvalue weighted by Gasteiger charge is 2.08. The molecule has 5 heteroatoms. The van der Waals surface area contributed by atoms with Crippen LogP contribution in [0.5, 0.6) is 5.88 Å². The van der Waals surface area contributed by atoms with Crippen molar-refractivity contribution in [1.29, 1.82) is 0 Å². The van der Waals surface area contributed by atoms with E-state index in [1.165, 1.54) is 0 Å². The molecular weight excluding hydrogens is 269 g/mol. The number of hydrogen-bond acceptors (Lipinski definition) is 3. The van der Waals surface area contributed by atoms with E-state index in [1.807, 2.05) is 0 Å². The van der Waals surface area contributed by atoms with Crippen molar-refractivity contribution in [2.45, 2.75) is 6.92 Å². The molecular formula is C7H6IN3O. The maximum atomic E-state index is 9.45. The van der Waals surface area contributed by atoms with Crippen LogP contribution in [0.15, 0.2) is 6.20 Å². The van der Waals surface area contributed by atoms with E-state index in [-0.39, 0.29) is 5.88 Å². The molecule has 0 spiro atoms. The molecule has 12 heavy (non-hydrogen) atoms. The Morgan fingerprint density at radius 1 is 1.50 bits per heavy atom.